The largest absolute Gasteiger partial charge is 0.489 e. The summed E-state index contributed by atoms with van der Waals surface area (Å²) in [5, 5.41) is 0. The van der Waals surface area contributed by atoms with Crippen LogP contribution in [0.3, 0.4) is 0 Å². The molecule has 156 valence electrons. The van der Waals surface area contributed by atoms with Crippen LogP contribution >= 0.6 is 0 Å². The second kappa shape index (κ2) is 9.62. The smallest absolute Gasteiger partial charge is 0.316 e. The van der Waals surface area contributed by atoms with Gasteiger partial charge in [-0.25, -0.2) is 0 Å². The van der Waals surface area contributed by atoms with Crippen LogP contribution in [0.15, 0.2) is 54.6 Å². The van der Waals surface area contributed by atoms with Crippen molar-refractivity contribution in [1.82, 2.24) is 0 Å². The maximum absolute atomic E-state index is 13.2. The molecule has 0 aliphatic heterocycles. The highest BCUT2D eigenvalue weighted by molar-refractivity contribution is 6.76. The van der Waals surface area contributed by atoms with E-state index in [-0.39, 0.29) is 5.97 Å². The predicted octanol–water partition coefficient (Wildman–Crippen LogP) is 6.35. The highest BCUT2D eigenvalue weighted by atomic mass is 28.3. The molecule has 0 bridgehead atoms. The van der Waals surface area contributed by atoms with Gasteiger partial charge in [-0.3, -0.25) is 4.79 Å². The zero-order valence-corrected chi connectivity index (χ0v) is 19.1. The van der Waals surface area contributed by atoms with E-state index in [9.17, 15) is 4.79 Å². The van der Waals surface area contributed by atoms with Crippen molar-refractivity contribution in [3.63, 3.8) is 0 Å². The first-order valence-corrected chi connectivity index (χ1v) is 14.5. The van der Waals surface area contributed by atoms with Crippen LogP contribution in [0, 0.1) is 0 Å². The molecule has 29 heavy (non-hydrogen) atoms. The predicted molar refractivity (Wildman–Crippen MR) is 121 cm³/mol. The van der Waals surface area contributed by atoms with Crippen molar-refractivity contribution in [3.8, 4) is 5.75 Å². The number of carbonyl (C=O) groups excluding carboxylic acids is 1. The summed E-state index contributed by atoms with van der Waals surface area (Å²) in [6, 6.07) is 19.3. The summed E-state index contributed by atoms with van der Waals surface area (Å²) in [7, 11) is -1.22. The molecule has 0 radical (unpaired) electrons. The van der Waals surface area contributed by atoms with E-state index in [0.717, 1.165) is 48.6 Å². The van der Waals surface area contributed by atoms with Gasteiger partial charge < -0.3 is 9.47 Å². The average molecular weight is 411 g/mol. The summed E-state index contributed by atoms with van der Waals surface area (Å²) in [6.07, 6.45) is 5.11. The third-order valence-corrected chi connectivity index (χ3v) is 7.54. The first-order valence-electron chi connectivity index (χ1n) is 10.8. The lowest BCUT2D eigenvalue weighted by Gasteiger charge is -2.35. The minimum absolute atomic E-state index is 0.0339. The average Bonchev–Trinajstić information content (AvgIpc) is 2.73. The van der Waals surface area contributed by atoms with E-state index in [0.29, 0.717) is 13.2 Å². The molecule has 1 fully saturated rings. The molecule has 0 aromatic heterocycles. The summed E-state index contributed by atoms with van der Waals surface area (Å²) in [5.74, 6) is 0.795. The molecule has 2 aromatic carbocycles. The van der Waals surface area contributed by atoms with Crippen LogP contribution in [-0.2, 0) is 21.6 Å². The molecule has 3 rings (SSSR count). The molecule has 0 heterocycles. The molecule has 0 N–H and O–H groups in total. The molecule has 1 aliphatic rings. The first-order chi connectivity index (χ1) is 13.9. The Balaban J connectivity index is 1.68. The zero-order chi connectivity index (χ0) is 20.7. The second-order valence-electron chi connectivity index (χ2n) is 9.39. The molecule has 2 aromatic rings. The van der Waals surface area contributed by atoms with Crippen molar-refractivity contribution in [2.24, 2.45) is 0 Å². The van der Waals surface area contributed by atoms with Gasteiger partial charge in [0.05, 0.1) is 12.0 Å². The lowest BCUT2D eigenvalue weighted by Crippen LogP contribution is -2.40. The number of ether oxygens (including phenoxy) is 2. The van der Waals surface area contributed by atoms with Crippen LogP contribution in [0.5, 0.6) is 5.75 Å². The van der Waals surface area contributed by atoms with Gasteiger partial charge in [-0.05, 0) is 42.1 Å². The Morgan fingerprint density at radius 3 is 2.21 bits per heavy atom. The van der Waals surface area contributed by atoms with Gasteiger partial charge in [-0.2, -0.15) is 0 Å². The van der Waals surface area contributed by atoms with Crippen LogP contribution in [0.2, 0.25) is 25.7 Å². The minimum Gasteiger partial charge on any atom is -0.489 e. The first kappa shape index (κ1) is 21.6. The lowest BCUT2D eigenvalue weighted by atomic mass is 9.69. The molecular formula is C25H34O3Si. The molecule has 0 spiro atoms. The number of esters is 1. The highest BCUT2D eigenvalue weighted by Gasteiger charge is 2.42. The van der Waals surface area contributed by atoms with Gasteiger partial charge in [-0.1, -0.05) is 81.4 Å². The SMILES string of the molecule is C[Si](C)(C)CCOC(=O)C1(c2ccc(OCc3ccccc3)cc2)CCCCC1. The number of hydrogen-bond donors (Lipinski definition) is 0. The van der Waals surface area contributed by atoms with Crippen LogP contribution in [0.4, 0.5) is 0 Å². The Morgan fingerprint density at radius 2 is 1.59 bits per heavy atom. The van der Waals surface area contributed by atoms with E-state index >= 15 is 0 Å². The van der Waals surface area contributed by atoms with Gasteiger partial charge in [-0.15, -0.1) is 0 Å². The van der Waals surface area contributed by atoms with Gasteiger partial charge in [0.2, 0.25) is 0 Å². The van der Waals surface area contributed by atoms with Crippen molar-refractivity contribution in [1.29, 1.82) is 0 Å². The van der Waals surface area contributed by atoms with Crippen LogP contribution in [0.25, 0.3) is 0 Å². The zero-order valence-electron chi connectivity index (χ0n) is 18.1. The van der Waals surface area contributed by atoms with Crippen molar-refractivity contribution in [3.05, 3.63) is 65.7 Å². The third-order valence-electron chi connectivity index (χ3n) is 5.84. The highest BCUT2D eigenvalue weighted by Crippen LogP contribution is 2.41. The second-order valence-corrected chi connectivity index (χ2v) is 15.0. The van der Waals surface area contributed by atoms with Crippen LogP contribution in [-0.4, -0.2) is 20.7 Å². The summed E-state index contributed by atoms with van der Waals surface area (Å²) >= 11 is 0. The normalized spacial score (nSPS) is 16.2. The molecule has 0 saturated heterocycles. The van der Waals surface area contributed by atoms with Gasteiger partial charge in [0.1, 0.15) is 12.4 Å². The Morgan fingerprint density at radius 1 is 0.931 bits per heavy atom. The summed E-state index contributed by atoms with van der Waals surface area (Å²) < 4.78 is 11.7. The molecule has 1 aliphatic carbocycles. The van der Waals surface area contributed by atoms with Gasteiger partial charge in [0.15, 0.2) is 0 Å². The van der Waals surface area contributed by atoms with Gasteiger partial charge >= 0.3 is 5.97 Å². The Labute approximate surface area is 176 Å². The fourth-order valence-corrected chi connectivity index (χ4v) is 4.68. The van der Waals surface area contributed by atoms with Crippen LogP contribution < -0.4 is 4.74 Å². The maximum atomic E-state index is 13.2. The monoisotopic (exact) mass is 410 g/mol. The van der Waals surface area contributed by atoms with E-state index in [1.54, 1.807) is 0 Å². The molecule has 0 amide bonds. The lowest BCUT2D eigenvalue weighted by molar-refractivity contribution is -0.151. The van der Waals surface area contributed by atoms with E-state index < -0.39 is 13.5 Å². The fourth-order valence-electron chi connectivity index (χ4n) is 3.97. The number of hydrogen-bond acceptors (Lipinski definition) is 3. The van der Waals surface area contributed by atoms with E-state index in [1.807, 2.05) is 30.3 Å². The summed E-state index contributed by atoms with van der Waals surface area (Å²) in [4.78, 5) is 13.2. The van der Waals surface area contributed by atoms with Crippen LogP contribution in [0.1, 0.15) is 43.2 Å². The van der Waals surface area contributed by atoms with E-state index in [1.165, 1.54) is 6.42 Å². The quantitative estimate of drug-likeness (QED) is 0.376. The summed E-state index contributed by atoms with van der Waals surface area (Å²) in [5.41, 5.74) is 1.73. The van der Waals surface area contributed by atoms with Gasteiger partial charge in [0.25, 0.3) is 0 Å². The topological polar surface area (TPSA) is 35.5 Å². The van der Waals surface area contributed by atoms with Crippen molar-refractivity contribution >= 4 is 14.0 Å². The van der Waals surface area contributed by atoms with E-state index in [2.05, 4.69) is 43.9 Å². The Kier molecular flexibility index (Phi) is 7.17. The summed E-state index contributed by atoms with van der Waals surface area (Å²) in [6.45, 7) is 8.03. The third kappa shape index (κ3) is 5.95. The Hall–Kier alpha value is -2.07. The van der Waals surface area contributed by atoms with E-state index in [4.69, 9.17) is 9.47 Å². The molecule has 1 saturated carbocycles. The number of carbonyl (C=O) groups is 1. The van der Waals surface area contributed by atoms with Crippen molar-refractivity contribution in [2.75, 3.05) is 6.61 Å². The molecule has 0 unspecified atom stereocenters. The Bertz CT molecular complexity index is 772. The molecular weight excluding hydrogens is 376 g/mol. The standard InChI is InChI=1S/C25H34O3Si/c1-29(2,3)19-18-27-24(26)25(16-8-5-9-17-25)22-12-14-23(15-13-22)28-20-21-10-6-4-7-11-21/h4,6-7,10-15H,5,8-9,16-20H2,1-3H3. The molecule has 3 nitrogen and oxygen atoms in total. The van der Waals surface area contributed by atoms with Crippen molar-refractivity contribution < 1.29 is 14.3 Å². The number of benzene rings is 2. The number of rotatable bonds is 8. The van der Waals surface area contributed by atoms with Crippen molar-refractivity contribution in [2.45, 2.75) is 69.8 Å². The fraction of sp³-hybridized carbons (Fsp3) is 0.480. The minimum atomic E-state index is -1.22. The molecule has 0 atom stereocenters. The maximum Gasteiger partial charge on any atom is 0.316 e. The molecule has 4 heteroatoms. The van der Waals surface area contributed by atoms with Gasteiger partial charge in [0, 0.05) is 8.07 Å².